The Labute approximate surface area is 102 Å². The van der Waals surface area contributed by atoms with Crippen LogP contribution in [0.5, 0.6) is 0 Å². The van der Waals surface area contributed by atoms with E-state index in [1.807, 2.05) is 18.3 Å². The lowest BCUT2D eigenvalue weighted by atomic mass is 10.2. The van der Waals surface area contributed by atoms with Gasteiger partial charge in [0, 0.05) is 13.1 Å². The van der Waals surface area contributed by atoms with Crippen molar-refractivity contribution in [1.82, 2.24) is 4.98 Å². The molecule has 1 N–H and O–H groups in total. The highest BCUT2D eigenvalue weighted by molar-refractivity contribution is 5.45. The van der Waals surface area contributed by atoms with Gasteiger partial charge in [0.1, 0.15) is 0 Å². The number of rotatable bonds is 3. The molecule has 0 amide bonds. The zero-order valence-corrected chi connectivity index (χ0v) is 10.5. The number of hydrogen-bond acceptors (Lipinski definition) is 4. The molecule has 94 valence electrons. The smallest absolute Gasteiger partial charge is 0.0931 e. The number of aliphatic hydroxyl groups is 1. The van der Waals surface area contributed by atoms with Crippen molar-refractivity contribution in [2.24, 2.45) is 0 Å². The van der Waals surface area contributed by atoms with Crippen molar-refractivity contribution in [3.63, 3.8) is 0 Å². The van der Waals surface area contributed by atoms with Gasteiger partial charge in [-0.1, -0.05) is 6.92 Å². The summed E-state index contributed by atoms with van der Waals surface area (Å²) in [5, 5.41) is 9.41. The van der Waals surface area contributed by atoms with Crippen molar-refractivity contribution in [1.29, 1.82) is 0 Å². The molecule has 2 atom stereocenters. The van der Waals surface area contributed by atoms with E-state index in [1.54, 1.807) is 6.92 Å². The zero-order valence-electron chi connectivity index (χ0n) is 10.5. The Morgan fingerprint density at radius 2 is 2.41 bits per heavy atom. The van der Waals surface area contributed by atoms with Gasteiger partial charge in [0.15, 0.2) is 0 Å². The molecule has 0 aliphatic carbocycles. The zero-order chi connectivity index (χ0) is 12.3. The summed E-state index contributed by atoms with van der Waals surface area (Å²) in [6.45, 7) is 6.47. The second kappa shape index (κ2) is 5.47. The molecule has 1 aliphatic heterocycles. The van der Waals surface area contributed by atoms with E-state index in [1.165, 1.54) is 0 Å². The number of hydrogen-bond donors (Lipinski definition) is 1. The van der Waals surface area contributed by atoms with Crippen LogP contribution < -0.4 is 4.90 Å². The lowest BCUT2D eigenvalue weighted by Crippen LogP contribution is -2.42. The van der Waals surface area contributed by atoms with E-state index >= 15 is 0 Å². The van der Waals surface area contributed by atoms with Gasteiger partial charge in [-0.15, -0.1) is 0 Å². The van der Waals surface area contributed by atoms with Crippen molar-refractivity contribution in [2.45, 2.75) is 32.5 Å². The van der Waals surface area contributed by atoms with E-state index in [0.29, 0.717) is 11.8 Å². The molecule has 1 saturated heterocycles. The Morgan fingerprint density at radius 1 is 1.59 bits per heavy atom. The maximum absolute atomic E-state index is 9.41. The van der Waals surface area contributed by atoms with Gasteiger partial charge in [0.25, 0.3) is 0 Å². The summed E-state index contributed by atoms with van der Waals surface area (Å²) in [6.07, 6.45) is 2.69. The van der Waals surface area contributed by atoms with Crippen LogP contribution in [0.4, 0.5) is 5.69 Å². The molecule has 1 unspecified atom stereocenters. The minimum atomic E-state index is -0.503. The quantitative estimate of drug-likeness (QED) is 0.868. The van der Waals surface area contributed by atoms with Gasteiger partial charge in [0.05, 0.1) is 36.4 Å². The van der Waals surface area contributed by atoms with Gasteiger partial charge in [-0.25, -0.2) is 0 Å². The normalized spacial score (nSPS) is 22.5. The number of pyridine rings is 1. The van der Waals surface area contributed by atoms with Gasteiger partial charge in [0.2, 0.25) is 0 Å². The molecular weight excluding hydrogens is 216 g/mol. The fraction of sp³-hybridized carbons (Fsp3) is 0.615. The molecule has 2 heterocycles. The molecule has 1 fully saturated rings. The topological polar surface area (TPSA) is 45.6 Å². The Morgan fingerprint density at radius 3 is 3.00 bits per heavy atom. The molecule has 1 aliphatic rings. The lowest BCUT2D eigenvalue weighted by Gasteiger charge is -2.34. The van der Waals surface area contributed by atoms with Crippen molar-refractivity contribution in [3.8, 4) is 0 Å². The first-order chi connectivity index (χ1) is 8.20. The molecule has 0 saturated carbocycles. The summed E-state index contributed by atoms with van der Waals surface area (Å²) in [4.78, 5) is 6.56. The van der Waals surface area contributed by atoms with Gasteiger partial charge in [-0.2, -0.15) is 0 Å². The fourth-order valence-corrected chi connectivity index (χ4v) is 2.03. The molecule has 4 nitrogen and oxygen atoms in total. The number of ether oxygens (including phenoxy) is 1. The molecule has 0 spiro atoms. The fourth-order valence-electron chi connectivity index (χ4n) is 2.03. The monoisotopic (exact) mass is 236 g/mol. The maximum Gasteiger partial charge on any atom is 0.0931 e. The first kappa shape index (κ1) is 12.3. The molecule has 0 aromatic carbocycles. The molecule has 1 aromatic rings. The second-order valence-electron chi connectivity index (χ2n) is 4.46. The van der Waals surface area contributed by atoms with Gasteiger partial charge in [-0.05, 0) is 25.5 Å². The molecule has 0 radical (unpaired) electrons. The highest BCUT2D eigenvalue weighted by Crippen LogP contribution is 2.19. The molecule has 17 heavy (non-hydrogen) atoms. The van der Waals surface area contributed by atoms with Crippen LogP contribution in [0.15, 0.2) is 18.3 Å². The van der Waals surface area contributed by atoms with E-state index in [-0.39, 0.29) is 0 Å². The minimum absolute atomic E-state index is 0.320. The van der Waals surface area contributed by atoms with Crippen LogP contribution >= 0.6 is 0 Å². The van der Waals surface area contributed by atoms with Gasteiger partial charge < -0.3 is 14.7 Å². The van der Waals surface area contributed by atoms with Crippen LogP contribution in [0.3, 0.4) is 0 Å². The maximum atomic E-state index is 9.41. The first-order valence-corrected chi connectivity index (χ1v) is 6.21. The van der Waals surface area contributed by atoms with E-state index in [9.17, 15) is 5.11 Å². The predicted octanol–water partition coefficient (Wildman–Crippen LogP) is 1.75. The standard InChI is InChI=1S/C13H20N2O2/c1-3-12-9-15(6-7-17-12)11-4-5-13(10(2)16)14-8-11/h4-5,8,10,12,16H,3,6-7,9H2,1-2H3/t10-,12?/m1/s1. The Bertz CT molecular complexity index is 351. The third-order valence-corrected chi connectivity index (χ3v) is 3.16. The SMILES string of the molecule is CCC1CN(c2ccc([C@@H](C)O)nc2)CCO1. The summed E-state index contributed by atoms with van der Waals surface area (Å²) in [5.41, 5.74) is 1.82. The van der Waals surface area contributed by atoms with Crippen molar-refractivity contribution in [3.05, 3.63) is 24.0 Å². The van der Waals surface area contributed by atoms with Gasteiger partial charge in [-0.3, -0.25) is 4.98 Å². The number of aromatic nitrogens is 1. The summed E-state index contributed by atoms with van der Waals surface area (Å²) >= 11 is 0. The third kappa shape index (κ3) is 2.96. The summed E-state index contributed by atoms with van der Waals surface area (Å²) < 4.78 is 5.64. The number of anilines is 1. The average molecular weight is 236 g/mol. The lowest BCUT2D eigenvalue weighted by molar-refractivity contribution is 0.0384. The first-order valence-electron chi connectivity index (χ1n) is 6.21. The Kier molecular flexibility index (Phi) is 3.97. The Balaban J connectivity index is 2.06. The van der Waals surface area contributed by atoms with Crippen LogP contribution in [-0.4, -0.2) is 35.9 Å². The predicted molar refractivity (Wildman–Crippen MR) is 67.1 cm³/mol. The summed E-state index contributed by atoms with van der Waals surface area (Å²) in [5.74, 6) is 0. The van der Waals surface area contributed by atoms with Crippen molar-refractivity contribution in [2.75, 3.05) is 24.6 Å². The van der Waals surface area contributed by atoms with Crippen LogP contribution in [0.2, 0.25) is 0 Å². The molecule has 2 rings (SSSR count). The van der Waals surface area contributed by atoms with E-state index < -0.39 is 6.10 Å². The van der Waals surface area contributed by atoms with Crippen molar-refractivity contribution >= 4 is 5.69 Å². The van der Waals surface area contributed by atoms with Crippen molar-refractivity contribution < 1.29 is 9.84 Å². The summed E-state index contributed by atoms with van der Waals surface area (Å²) in [7, 11) is 0. The molecule has 4 heteroatoms. The average Bonchev–Trinajstić information content (AvgIpc) is 2.39. The molecular formula is C13H20N2O2. The molecule has 0 bridgehead atoms. The van der Waals surface area contributed by atoms with E-state index in [0.717, 1.165) is 31.8 Å². The number of morpholine rings is 1. The van der Waals surface area contributed by atoms with E-state index in [4.69, 9.17) is 4.74 Å². The highest BCUT2D eigenvalue weighted by Gasteiger charge is 2.19. The van der Waals surface area contributed by atoms with Gasteiger partial charge >= 0.3 is 0 Å². The Hall–Kier alpha value is -1.13. The van der Waals surface area contributed by atoms with Crippen LogP contribution in [0.1, 0.15) is 32.1 Å². The molecule has 1 aromatic heterocycles. The van der Waals surface area contributed by atoms with Crippen LogP contribution in [-0.2, 0) is 4.74 Å². The highest BCUT2D eigenvalue weighted by atomic mass is 16.5. The number of nitrogens with zero attached hydrogens (tertiary/aromatic N) is 2. The summed E-state index contributed by atoms with van der Waals surface area (Å²) in [6, 6.07) is 3.91. The second-order valence-corrected chi connectivity index (χ2v) is 4.46. The van der Waals surface area contributed by atoms with Crippen LogP contribution in [0.25, 0.3) is 0 Å². The van der Waals surface area contributed by atoms with E-state index in [2.05, 4.69) is 16.8 Å². The number of aliphatic hydroxyl groups excluding tert-OH is 1. The minimum Gasteiger partial charge on any atom is -0.387 e. The van der Waals surface area contributed by atoms with Crippen LogP contribution in [0, 0.1) is 0 Å². The largest absolute Gasteiger partial charge is 0.387 e. The third-order valence-electron chi connectivity index (χ3n) is 3.16.